The maximum atomic E-state index is 13.0. The van der Waals surface area contributed by atoms with E-state index in [0.29, 0.717) is 11.3 Å². The van der Waals surface area contributed by atoms with Gasteiger partial charge < -0.3 is 29.7 Å². The minimum absolute atomic E-state index is 0. The second-order valence-electron chi connectivity index (χ2n) is 5.83. The van der Waals surface area contributed by atoms with Crippen LogP contribution in [0.5, 0.6) is 0 Å². The number of pyridine rings is 1. The average molecular weight is 448 g/mol. The van der Waals surface area contributed by atoms with E-state index in [1.807, 2.05) is 54.9 Å². The lowest BCUT2D eigenvalue weighted by Crippen LogP contribution is -3.00. The van der Waals surface area contributed by atoms with Crippen LogP contribution in [0.25, 0.3) is 17.0 Å². The van der Waals surface area contributed by atoms with Crippen molar-refractivity contribution in [1.82, 2.24) is 0 Å². The third-order valence-corrected chi connectivity index (χ3v) is 5.35. The number of nitrogens with two attached hydrogens (primary N) is 1. The Labute approximate surface area is 161 Å². The van der Waals surface area contributed by atoms with E-state index in [4.69, 9.17) is 5.73 Å². The fourth-order valence-electron chi connectivity index (χ4n) is 3.35. The van der Waals surface area contributed by atoms with Gasteiger partial charge in [-0.15, -0.1) is 11.3 Å². The number of nitrogen functional groups attached to an aromatic ring is 1. The molecule has 0 saturated carbocycles. The zero-order chi connectivity index (χ0) is 16.0. The van der Waals surface area contributed by atoms with Gasteiger partial charge in [-0.3, -0.25) is 4.79 Å². The zero-order valence-corrected chi connectivity index (χ0v) is 16.2. The molecule has 2 N–H and O–H groups in total. The van der Waals surface area contributed by atoms with Gasteiger partial charge in [0.1, 0.15) is 12.6 Å². The SMILES string of the molecule is C[n+]1c2c(c(N)c3ccccc31)C(=O)/C(=C\c1cccs1)CC2.[I-]. The van der Waals surface area contributed by atoms with Gasteiger partial charge in [0.05, 0.1) is 11.1 Å². The average Bonchev–Trinajstić information content (AvgIpc) is 3.07. The molecule has 0 bridgehead atoms. The topological polar surface area (TPSA) is 47.0 Å². The molecular formula is C19H17IN2OS. The van der Waals surface area contributed by atoms with Gasteiger partial charge in [0.2, 0.25) is 5.52 Å². The molecule has 3 nitrogen and oxygen atoms in total. The molecule has 0 amide bonds. The highest BCUT2D eigenvalue weighted by atomic mass is 127. The number of halogens is 1. The zero-order valence-electron chi connectivity index (χ0n) is 13.3. The molecule has 3 aromatic rings. The fourth-order valence-corrected chi connectivity index (χ4v) is 4.03. The maximum absolute atomic E-state index is 13.0. The number of thiophene rings is 1. The van der Waals surface area contributed by atoms with E-state index >= 15 is 0 Å². The third-order valence-electron chi connectivity index (χ3n) is 4.53. The predicted molar refractivity (Wildman–Crippen MR) is 94.5 cm³/mol. The molecule has 5 heteroatoms. The number of carbonyl (C=O) groups is 1. The van der Waals surface area contributed by atoms with Crippen LogP contribution >= 0.6 is 11.3 Å². The van der Waals surface area contributed by atoms with Crippen LogP contribution in [0.15, 0.2) is 47.4 Å². The second kappa shape index (κ2) is 6.64. The summed E-state index contributed by atoms with van der Waals surface area (Å²) in [6.45, 7) is 0. The van der Waals surface area contributed by atoms with Crippen LogP contribution in [0.4, 0.5) is 5.69 Å². The van der Waals surface area contributed by atoms with E-state index in [-0.39, 0.29) is 29.8 Å². The predicted octanol–water partition coefficient (Wildman–Crippen LogP) is 0.524. The van der Waals surface area contributed by atoms with E-state index in [9.17, 15) is 4.79 Å². The Morgan fingerprint density at radius 1 is 1.17 bits per heavy atom. The summed E-state index contributed by atoms with van der Waals surface area (Å²) in [6.07, 6.45) is 3.60. The van der Waals surface area contributed by atoms with Crippen molar-refractivity contribution in [2.24, 2.45) is 7.05 Å². The van der Waals surface area contributed by atoms with Crippen molar-refractivity contribution in [2.45, 2.75) is 12.8 Å². The molecule has 2 heterocycles. The standard InChI is InChI=1S/C19H16N2OS.HI/c1-21-15-7-3-2-6-14(15)18(20)17-16(21)9-8-12(19(17)22)11-13-5-4-10-23-13;/h2-7,10-11,20H,8-9H2,1H3;1H/b12-11-;. The van der Waals surface area contributed by atoms with E-state index in [2.05, 4.69) is 4.57 Å². The van der Waals surface area contributed by atoms with Gasteiger partial charge >= 0.3 is 0 Å². The normalized spacial score (nSPS) is 15.4. The highest BCUT2D eigenvalue weighted by molar-refractivity contribution is 7.10. The molecule has 4 rings (SSSR count). The van der Waals surface area contributed by atoms with Gasteiger partial charge in [-0.25, -0.2) is 0 Å². The maximum Gasteiger partial charge on any atom is 0.214 e. The summed E-state index contributed by atoms with van der Waals surface area (Å²) in [5, 5.41) is 2.97. The quantitative estimate of drug-likeness (QED) is 0.336. The number of hydrogen-bond acceptors (Lipinski definition) is 3. The number of anilines is 1. The largest absolute Gasteiger partial charge is 1.00 e. The first-order chi connectivity index (χ1) is 11.2. The monoisotopic (exact) mass is 448 g/mol. The summed E-state index contributed by atoms with van der Waals surface area (Å²) in [5.41, 5.74) is 10.6. The highest BCUT2D eigenvalue weighted by Gasteiger charge is 2.32. The first-order valence-electron chi connectivity index (χ1n) is 7.64. The molecule has 0 spiro atoms. The van der Waals surface area contributed by atoms with Crippen LogP contribution in [0.2, 0.25) is 0 Å². The van der Waals surface area contributed by atoms with Crippen molar-refractivity contribution in [1.29, 1.82) is 0 Å². The molecule has 24 heavy (non-hydrogen) atoms. The van der Waals surface area contributed by atoms with Crippen LogP contribution in [0, 0.1) is 0 Å². The number of allylic oxidation sites excluding steroid dienone is 1. The minimum atomic E-state index is 0. The van der Waals surface area contributed by atoms with Crippen LogP contribution in [-0.2, 0) is 13.5 Å². The van der Waals surface area contributed by atoms with Gasteiger partial charge in [0.25, 0.3) is 0 Å². The summed E-state index contributed by atoms with van der Waals surface area (Å²) >= 11 is 1.64. The Bertz CT molecular complexity index is 961. The lowest BCUT2D eigenvalue weighted by atomic mass is 9.87. The smallest absolute Gasteiger partial charge is 0.214 e. The molecule has 2 aromatic heterocycles. The van der Waals surface area contributed by atoms with Crippen LogP contribution in [-0.4, -0.2) is 5.78 Å². The molecule has 0 atom stereocenters. The molecule has 0 unspecified atom stereocenters. The van der Waals surface area contributed by atoms with Gasteiger partial charge in [0, 0.05) is 22.9 Å². The van der Waals surface area contributed by atoms with Gasteiger partial charge in [-0.1, -0.05) is 18.2 Å². The minimum Gasteiger partial charge on any atom is -1.00 e. The van der Waals surface area contributed by atoms with Crippen LogP contribution in [0.3, 0.4) is 0 Å². The summed E-state index contributed by atoms with van der Waals surface area (Å²) in [4.78, 5) is 14.1. The number of rotatable bonds is 1. The van der Waals surface area contributed by atoms with Gasteiger partial charge in [-0.2, -0.15) is 4.57 Å². The van der Waals surface area contributed by atoms with Crippen molar-refractivity contribution >= 4 is 39.8 Å². The van der Waals surface area contributed by atoms with E-state index in [1.165, 1.54) is 0 Å². The lowest BCUT2D eigenvalue weighted by molar-refractivity contribution is -0.653. The number of para-hydroxylation sites is 1. The number of fused-ring (bicyclic) bond motifs is 2. The first kappa shape index (κ1) is 17.1. The summed E-state index contributed by atoms with van der Waals surface area (Å²) < 4.78 is 2.11. The molecule has 122 valence electrons. The van der Waals surface area contributed by atoms with Crippen molar-refractivity contribution in [3.8, 4) is 0 Å². The van der Waals surface area contributed by atoms with E-state index < -0.39 is 0 Å². The summed E-state index contributed by atoms with van der Waals surface area (Å²) in [5.74, 6) is 0.0681. The first-order valence-corrected chi connectivity index (χ1v) is 8.52. The molecule has 1 aliphatic carbocycles. The van der Waals surface area contributed by atoms with Crippen molar-refractivity contribution in [3.05, 3.63) is 63.5 Å². The number of benzene rings is 1. The Kier molecular flexibility index (Phi) is 4.73. The molecule has 0 fully saturated rings. The molecule has 0 radical (unpaired) electrons. The molecule has 1 aliphatic rings. The number of carbonyl (C=O) groups excluding carboxylic acids is 1. The number of hydrogen-bond donors (Lipinski definition) is 1. The lowest BCUT2D eigenvalue weighted by Gasteiger charge is -2.18. The molecule has 0 saturated heterocycles. The number of ketones is 1. The number of nitrogens with zero attached hydrogens (tertiary/aromatic N) is 1. The van der Waals surface area contributed by atoms with Crippen molar-refractivity contribution in [3.63, 3.8) is 0 Å². The van der Waals surface area contributed by atoms with Gasteiger partial charge in [0.15, 0.2) is 11.5 Å². The molecule has 1 aromatic carbocycles. The van der Waals surface area contributed by atoms with E-state index in [1.54, 1.807) is 11.3 Å². The van der Waals surface area contributed by atoms with Crippen LogP contribution < -0.4 is 34.3 Å². The Morgan fingerprint density at radius 2 is 1.96 bits per heavy atom. The summed E-state index contributed by atoms with van der Waals surface area (Å²) in [7, 11) is 2.02. The van der Waals surface area contributed by atoms with Crippen molar-refractivity contribution in [2.75, 3.05) is 5.73 Å². The summed E-state index contributed by atoms with van der Waals surface area (Å²) in [6, 6.07) is 12.0. The molecular weight excluding hydrogens is 431 g/mol. The number of aromatic nitrogens is 1. The molecule has 0 aliphatic heterocycles. The number of aryl methyl sites for hydroxylation is 1. The Morgan fingerprint density at radius 3 is 2.71 bits per heavy atom. The fraction of sp³-hybridized carbons (Fsp3) is 0.158. The second-order valence-corrected chi connectivity index (χ2v) is 6.80. The number of Topliss-reactive ketones (excluding diaryl/α,β-unsaturated/α-hetero) is 1. The third kappa shape index (κ3) is 2.65. The Balaban J connectivity index is 0.00000169. The highest BCUT2D eigenvalue weighted by Crippen LogP contribution is 2.33. The van der Waals surface area contributed by atoms with Crippen LogP contribution in [0.1, 0.15) is 27.3 Å². The van der Waals surface area contributed by atoms with Gasteiger partial charge in [-0.05, 0) is 30.0 Å². The van der Waals surface area contributed by atoms with E-state index in [0.717, 1.165) is 39.9 Å². The van der Waals surface area contributed by atoms with Crippen molar-refractivity contribution < 1.29 is 33.3 Å². The Hall–Kier alpha value is -1.73.